The van der Waals surface area contributed by atoms with Gasteiger partial charge in [-0.2, -0.15) is 0 Å². The second-order valence-electron chi connectivity index (χ2n) is 3.39. The molecular formula is C11H8Cl2IN3. The summed E-state index contributed by atoms with van der Waals surface area (Å²) in [5.74, 6) is 0.699. The number of nitrogens with zero attached hydrogens (tertiary/aromatic N) is 2. The monoisotopic (exact) mass is 379 g/mol. The van der Waals surface area contributed by atoms with Gasteiger partial charge in [-0.3, -0.25) is 0 Å². The van der Waals surface area contributed by atoms with Crippen molar-refractivity contribution in [3.05, 3.63) is 43.8 Å². The summed E-state index contributed by atoms with van der Waals surface area (Å²) in [5, 5.41) is 4.36. The Morgan fingerprint density at radius 2 is 2.00 bits per heavy atom. The second kappa shape index (κ2) is 5.37. The standard InChI is InChI=1S/C11H8Cl2IN3/c1-6-10(13)15-5-16-11(6)17-9-3-2-7(12)4-8(9)14/h2-5H,1H3,(H,15,16,17). The van der Waals surface area contributed by atoms with Crippen LogP contribution < -0.4 is 5.32 Å². The second-order valence-corrected chi connectivity index (χ2v) is 5.34. The van der Waals surface area contributed by atoms with Gasteiger partial charge in [0.25, 0.3) is 0 Å². The number of anilines is 2. The summed E-state index contributed by atoms with van der Waals surface area (Å²) < 4.78 is 1.02. The number of rotatable bonds is 2. The van der Waals surface area contributed by atoms with E-state index in [1.807, 2.05) is 25.1 Å². The van der Waals surface area contributed by atoms with Gasteiger partial charge in [-0.15, -0.1) is 0 Å². The Kier molecular flexibility index (Phi) is 4.06. The number of halogens is 3. The van der Waals surface area contributed by atoms with Crippen molar-refractivity contribution < 1.29 is 0 Å². The minimum Gasteiger partial charge on any atom is -0.339 e. The molecule has 88 valence electrons. The van der Waals surface area contributed by atoms with Gasteiger partial charge in [0.15, 0.2) is 0 Å². The van der Waals surface area contributed by atoms with E-state index in [1.54, 1.807) is 0 Å². The molecule has 6 heteroatoms. The lowest BCUT2D eigenvalue weighted by Crippen LogP contribution is -1.99. The zero-order valence-electron chi connectivity index (χ0n) is 8.84. The number of benzene rings is 1. The molecular weight excluding hydrogens is 372 g/mol. The van der Waals surface area contributed by atoms with Gasteiger partial charge in [-0.1, -0.05) is 23.2 Å². The van der Waals surface area contributed by atoms with Crippen LogP contribution in [0.2, 0.25) is 10.2 Å². The maximum absolute atomic E-state index is 5.93. The van der Waals surface area contributed by atoms with Crippen molar-refractivity contribution in [2.24, 2.45) is 0 Å². The molecule has 1 aromatic heterocycles. The van der Waals surface area contributed by atoms with Crippen LogP contribution in [0.5, 0.6) is 0 Å². The van der Waals surface area contributed by atoms with Crippen LogP contribution in [0.25, 0.3) is 0 Å². The lowest BCUT2D eigenvalue weighted by Gasteiger charge is -2.10. The van der Waals surface area contributed by atoms with Crippen molar-refractivity contribution in [2.75, 3.05) is 5.32 Å². The highest BCUT2D eigenvalue weighted by Gasteiger charge is 2.07. The predicted octanol–water partition coefficient (Wildman–Crippen LogP) is 4.44. The Morgan fingerprint density at radius 1 is 1.24 bits per heavy atom. The lowest BCUT2D eigenvalue weighted by molar-refractivity contribution is 1.13. The highest BCUT2D eigenvalue weighted by Crippen LogP contribution is 2.27. The molecule has 0 radical (unpaired) electrons. The van der Waals surface area contributed by atoms with Crippen molar-refractivity contribution >= 4 is 57.3 Å². The third-order valence-corrected chi connectivity index (χ3v) is 3.72. The van der Waals surface area contributed by atoms with E-state index in [2.05, 4.69) is 37.9 Å². The van der Waals surface area contributed by atoms with Gasteiger partial charge in [0, 0.05) is 14.2 Å². The van der Waals surface area contributed by atoms with E-state index >= 15 is 0 Å². The molecule has 0 saturated heterocycles. The highest BCUT2D eigenvalue weighted by molar-refractivity contribution is 14.1. The van der Waals surface area contributed by atoms with Crippen molar-refractivity contribution in [3.63, 3.8) is 0 Å². The van der Waals surface area contributed by atoms with E-state index in [0.717, 1.165) is 14.8 Å². The van der Waals surface area contributed by atoms with Crippen LogP contribution in [-0.4, -0.2) is 9.97 Å². The zero-order chi connectivity index (χ0) is 12.4. The van der Waals surface area contributed by atoms with E-state index in [0.29, 0.717) is 16.0 Å². The fraction of sp³-hybridized carbons (Fsp3) is 0.0909. The number of nitrogens with one attached hydrogen (secondary N) is 1. The molecule has 0 atom stereocenters. The van der Waals surface area contributed by atoms with Crippen molar-refractivity contribution in [1.82, 2.24) is 9.97 Å². The van der Waals surface area contributed by atoms with E-state index in [-0.39, 0.29) is 0 Å². The molecule has 0 spiro atoms. The van der Waals surface area contributed by atoms with E-state index < -0.39 is 0 Å². The first-order valence-corrected chi connectivity index (χ1v) is 6.60. The largest absolute Gasteiger partial charge is 0.339 e. The topological polar surface area (TPSA) is 37.8 Å². The molecule has 0 aliphatic rings. The molecule has 0 aliphatic heterocycles. The molecule has 0 bridgehead atoms. The smallest absolute Gasteiger partial charge is 0.138 e. The number of aromatic nitrogens is 2. The van der Waals surface area contributed by atoms with E-state index in [4.69, 9.17) is 23.2 Å². The average Bonchev–Trinajstić information content (AvgIpc) is 2.28. The summed E-state index contributed by atoms with van der Waals surface area (Å²) in [6.45, 7) is 1.87. The summed E-state index contributed by atoms with van der Waals surface area (Å²) in [4.78, 5) is 8.06. The molecule has 17 heavy (non-hydrogen) atoms. The van der Waals surface area contributed by atoms with Gasteiger partial charge < -0.3 is 5.32 Å². The maximum Gasteiger partial charge on any atom is 0.138 e. The van der Waals surface area contributed by atoms with E-state index in [9.17, 15) is 0 Å². The fourth-order valence-corrected chi connectivity index (χ4v) is 2.41. The van der Waals surface area contributed by atoms with Crippen molar-refractivity contribution in [2.45, 2.75) is 6.92 Å². The highest BCUT2D eigenvalue weighted by atomic mass is 127. The summed E-state index contributed by atoms with van der Waals surface area (Å²) in [7, 11) is 0. The van der Waals surface area contributed by atoms with Gasteiger partial charge in [-0.25, -0.2) is 9.97 Å². The van der Waals surface area contributed by atoms with Gasteiger partial charge in [0.05, 0.1) is 5.69 Å². The van der Waals surface area contributed by atoms with Crippen LogP contribution >= 0.6 is 45.8 Å². The first-order chi connectivity index (χ1) is 8.08. The average molecular weight is 380 g/mol. The van der Waals surface area contributed by atoms with Crippen LogP contribution in [0.1, 0.15) is 5.56 Å². The summed E-state index contributed by atoms with van der Waals surface area (Å²) in [5.41, 5.74) is 1.76. The summed E-state index contributed by atoms with van der Waals surface area (Å²) >= 11 is 14.0. The van der Waals surface area contributed by atoms with Crippen molar-refractivity contribution in [1.29, 1.82) is 0 Å². The minimum absolute atomic E-state index is 0.450. The molecule has 0 saturated carbocycles. The Balaban J connectivity index is 2.35. The first-order valence-electron chi connectivity index (χ1n) is 4.77. The molecule has 2 rings (SSSR count). The van der Waals surface area contributed by atoms with Crippen LogP contribution in [0.3, 0.4) is 0 Å². The molecule has 2 aromatic rings. The summed E-state index contributed by atoms with van der Waals surface area (Å²) in [6.07, 6.45) is 1.43. The Morgan fingerprint density at radius 3 is 2.71 bits per heavy atom. The van der Waals surface area contributed by atoms with Gasteiger partial charge in [-0.05, 0) is 47.7 Å². The van der Waals surface area contributed by atoms with Crippen LogP contribution in [-0.2, 0) is 0 Å². The van der Waals surface area contributed by atoms with Crippen LogP contribution in [0, 0.1) is 10.5 Å². The maximum atomic E-state index is 5.93. The Hall–Kier alpha value is -0.590. The molecule has 0 unspecified atom stereocenters. The summed E-state index contributed by atoms with van der Waals surface area (Å²) in [6, 6.07) is 5.60. The van der Waals surface area contributed by atoms with Gasteiger partial charge in [0.1, 0.15) is 17.3 Å². The minimum atomic E-state index is 0.450. The fourth-order valence-electron chi connectivity index (χ4n) is 1.27. The normalized spacial score (nSPS) is 10.4. The van der Waals surface area contributed by atoms with Crippen molar-refractivity contribution in [3.8, 4) is 0 Å². The molecule has 0 amide bonds. The SMILES string of the molecule is Cc1c(Cl)ncnc1Nc1ccc(Cl)cc1I. The third kappa shape index (κ3) is 3.00. The number of hydrogen-bond donors (Lipinski definition) is 1. The molecule has 1 aromatic carbocycles. The molecule has 0 aliphatic carbocycles. The van der Waals surface area contributed by atoms with Gasteiger partial charge >= 0.3 is 0 Å². The molecule has 1 heterocycles. The van der Waals surface area contributed by atoms with Crippen LogP contribution in [0.4, 0.5) is 11.5 Å². The van der Waals surface area contributed by atoms with Crippen LogP contribution in [0.15, 0.2) is 24.5 Å². The quantitative estimate of drug-likeness (QED) is 0.619. The lowest BCUT2D eigenvalue weighted by atomic mass is 10.3. The molecule has 1 N–H and O–H groups in total. The third-order valence-electron chi connectivity index (χ3n) is 2.21. The Bertz CT molecular complexity index is 560. The van der Waals surface area contributed by atoms with Gasteiger partial charge in [0.2, 0.25) is 0 Å². The zero-order valence-corrected chi connectivity index (χ0v) is 12.5. The molecule has 0 fully saturated rings. The first kappa shape index (κ1) is 12.9. The molecule has 3 nitrogen and oxygen atoms in total. The van der Waals surface area contributed by atoms with E-state index in [1.165, 1.54) is 6.33 Å². The Labute approximate surface area is 123 Å². The predicted molar refractivity (Wildman–Crippen MR) is 79.2 cm³/mol. The number of hydrogen-bond acceptors (Lipinski definition) is 3.